The van der Waals surface area contributed by atoms with Gasteiger partial charge >= 0.3 is 0 Å². The Morgan fingerprint density at radius 1 is 0.577 bits per heavy atom. The summed E-state index contributed by atoms with van der Waals surface area (Å²) in [5.41, 5.74) is 3.05. The second-order valence-electron chi connectivity index (χ2n) is 8.04. The van der Waals surface area contributed by atoms with E-state index in [0.29, 0.717) is 0 Å². The number of rotatable bonds is 17. The van der Waals surface area contributed by atoms with Gasteiger partial charge in [-0.1, -0.05) is 97.8 Å². The summed E-state index contributed by atoms with van der Waals surface area (Å²) in [7, 11) is 0. The van der Waals surface area contributed by atoms with Gasteiger partial charge in [0.25, 0.3) is 0 Å². The van der Waals surface area contributed by atoms with Crippen LogP contribution in [-0.4, -0.2) is 0 Å². The zero-order chi connectivity index (χ0) is 18.9. The van der Waals surface area contributed by atoms with Gasteiger partial charge in [-0.25, -0.2) is 4.57 Å². The quantitative estimate of drug-likeness (QED) is 0.199. The molecule has 0 saturated heterocycles. The van der Waals surface area contributed by atoms with E-state index in [1.807, 2.05) is 0 Å². The van der Waals surface area contributed by atoms with Crippen molar-refractivity contribution in [1.29, 1.82) is 0 Å². The number of hydrogen-bond acceptors (Lipinski definition) is 0. The average Bonchev–Trinajstić information content (AvgIpc) is 2.68. The summed E-state index contributed by atoms with van der Waals surface area (Å²) < 4.78 is 2.40. The molecule has 150 valence electrons. The molecule has 1 aromatic heterocycles. The van der Waals surface area contributed by atoms with Crippen molar-refractivity contribution in [2.24, 2.45) is 0 Å². The molecule has 0 aliphatic heterocycles. The molecule has 0 aliphatic carbocycles. The average molecular weight is 361 g/mol. The molecule has 1 heterocycles. The van der Waals surface area contributed by atoms with Gasteiger partial charge < -0.3 is 0 Å². The molecule has 1 heteroatoms. The van der Waals surface area contributed by atoms with Crippen molar-refractivity contribution in [1.82, 2.24) is 0 Å². The van der Waals surface area contributed by atoms with Crippen LogP contribution in [0, 0.1) is 0 Å². The van der Waals surface area contributed by atoms with Gasteiger partial charge in [0, 0.05) is 18.1 Å². The number of pyridine rings is 1. The fourth-order valence-corrected chi connectivity index (χ4v) is 3.91. The molecule has 0 bridgehead atoms. The zero-order valence-corrected chi connectivity index (χ0v) is 18.2. The second-order valence-corrected chi connectivity index (χ2v) is 8.04. The van der Waals surface area contributed by atoms with Crippen molar-refractivity contribution in [2.75, 3.05) is 0 Å². The number of aromatic nitrogens is 1. The Morgan fingerprint density at radius 2 is 1.04 bits per heavy atom. The van der Waals surface area contributed by atoms with E-state index in [1.54, 1.807) is 0 Å². The first-order valence-electron chi connectivity index (χ1n) is 11.8. The minimum absolute atomic E-state index is 1.16. The molecule has 0 aliphatic rings. The van der Waals surface area contributed by atoms with Crippen molar-refractivity contribution in [3.05, 3.63) is 29.6 Å². The highest BCUT2D eigenvalue weighted by Gasteiger charge is 2.06. The standard InChI is InChI=1S/C25H46N/c1-4-7-8-9-10-11-12-13-14-15-16-17-18-19-21-26-22-20-24(5-2)25(6-3)23-26/h20,22-23H,4-19,21H2,1-3H3/q+1. The van der Waals surface area contributed by atoms with Crippen LogP contribution in [0.5, 0.6) is 0 Å². The third kappa shape index (κ3) is 11.0. The van der Waals surface area contributed by atoms with E-state index in [-0.39, 0.29) is 0 Å². The summed E-state index contributed by atoms with van der Waals surface area (Å²) in [5.74, 6) is 0. The smallest absolute Gasteiger partial charge is 0.172 e. The number of aryl methyl sites for hydroxylation is 3. The first-order chi connectivity index (χ1) is 12.8. The molecule has 0 atom stereocenters. The lowest BCUT2D eigenvalue weighted by molar-refractivity contribution is -0.697. The van der Waals surface area contributed by atoms with Crippen LogP contribution in [-0.2, 0) is 19.4 Å². The molecule has 1 rings (SSSR count). The maximum absolute atomic E-state index is 2.40. The highest BCUT2D eigenvalue weighted by molar-refractivity contribution is 5.20. The largest absolute Gasteiger partial charge is 0.205 e. The van der Waals surface area contributed by atoms with Crippen molar-refractivity contribution < 1.29 is 4.57 Å². The zero-order valence-electron chi connectivity index (χ0n) is 18.2. The normalized spacial score (nSPS) is 11.2. The first-order valence-corrected chi connectivity index (χ1v) is 11.8. The monoisotopic (exact) mass is 360 g/mol. The van der Waals surface area contributed by atoms with E-state index in [9.17, 15) is 0 Å². The maximum atomic E-state index is 2.40. The Morgan fingerprint density at radius 3 is 1.50 bits per heavy atom. The van der Waals surface area contributed by atoms with Crippen LogP contribution in [0.25, 0.3) is 0 Å². The molecular formula is C25H46N+. The molecular weight excluding hydrogens is 314 g/mol. The molecule has 0 spiro atoms. The lowest BCUT2D eigenvalue weighted by Gasteiger charge is -2.05. The van der Waals surface area contributed by atoms with Gasteiger partial charge in [0.05, 0.1) is 0 Å². The molecule has 0 amide bonds. The van der Waals surface area contributed by atoms with Crippen LogP contribution in [0.3, 0.4) is 0 Å². The van der Waals surface area contributed by atoms with Crippen LogP contribution in [0.2, 0.25) is 0 Å². The molecule has 0 unspecified atom stereocenters. The summed E-state index contributed by atoms with van der Waals surface area (Å²) in [5, 5.41) is 0. The van der Waals surface area contributed by atoms with Gasteiger partial charge in [0.1, 0.15) is 6.54 Å². The van der Waals surface area contributed by atoms with Crippen LogP contribution < -0.4 is 4.57 Å². The van der Waals surface area contributed by atoms with Crippen molar-refractivity contribution >= 4 is 0 Å². The van der Waals surface area contributed by atoms with Gasteiger partial charge in [-0.15, -0.1) is 0 Å². The molecule has 0 fully saturated rings. The summed E-state index contributed by atoms with van der Waals surface area (Å²) in [6.45, 7) is 8.01. The first kappa shape index (κ1) is 23.2. The summed E-state index contributed by atoms with van der Waals surface area (Å²) >= 11 is 0. The van der Waals surface area contributed by atoms with Gasteiger partial charge in [0.15, 0.2) is 12.4 Å². The van der Waals surface area contributed by atoms with E-state index in [1.165, 1.54) is 108 Å². The van der Waals surface area contributed by atoms with Crippen molar-refractivity contribution in [3.63, 3.8) is 0 Å². The molecule has 1 aromatic rings. The minimum Gasteiger partial charge on any atom is -0.205 e. The van der Waals surface area contributed by atoms with Crippen LogP contribution >= 0.6 is 0 Å². The molecule has 1 nitrogen and oxygen atoms in total. The third-order valence-electron chi connectivity index (χ3n) is 5.73. The van der Waals surface area contributed by atoms with E-state index in [0.717, 1.165) is 12.8 Å². The Bertz CT molecular complexity index is 438. The molecule has 0 aromatic carbocycles. The van der Waals surface area contributed by atoms with E-state index < -0.39 is 0 Å². The Hall–Kier alpha value is -0.850. The van der Waals surface area contributed by atoms with Gasteiger partial charge in [-0.2, -0.15) is 0 Å². The van der Waals surface area contributed by atoms with E-state index >= 15 is 0 Å². The SMILES string of the molecule is CCCCCCCCCCCCCCCC[n+]1ccc(CC)c(CC)c1. The lowest BCUT2D eigenvalue weighted by Crippen LogP contribution is -2.33. The van der Waals surface area contributed by atoms with Gasteiger partial charge in [-0.3, -0.25) is 0 Å². The van der Waals surface area contributed by atoms with Crippen molar-refractivity contribution in [3.8, 4) is 0 Å². The fraction of sp³-hybridized carbons (Fsp3) is 0.800. The van der Waals surface area contributed by atoms with Crippen LogP contribution in [0.4, 0.5) is 0 Å². The molecule has 0 saturated carbocycles. The number of nitrogens with zero attached hydrogens (tertiary/aromatic N) is 1. The number of hydrogen-bond donors (Lipinski definition) is 0. The molecule has 0 radical (unpaired) electrons. The van der Waals surface area contributed by atoms with Crippen LogP contribution in [0.15, 0.2) is 18.5 Å². The predicted octanol–water partition coefficient (Wildman–Crippen LogP) is 7.58. The summed E-state index contributed by atoms with van der Waals surface area (Å²) in [6, 6.07) is 2.32. The molecule has 0 N–H and O–H groups in total. The minimum atomic E-state index is 1.16. The number of unbranched alkanes of at least 4 members (excludes halogenated alkanes) is 13. The molecule has 26 heavy (non-hydrogen) atoms. The summed E-state index contributed by atoms with van der Waals surface area (Å²) in [6.07, 6.45) is 27.1. The Labute approximate surface area is 164 Å². The van der Waals surface area contributed by atoms with Crippen molar-refractivity contribution in [2.45, 2.75) is 130 Å². The highest BCUT2D eigenvalue weighted by Crippen LogP contribution is 2.13. The fourth-order valence-electron chi connectivity index (χ4n) is 3.91. The Kier molecular flexibility index (Phi) is 14.6. The lowest BCUT2D eigenvalue weighted by atomic mass is 10.0. The second kappa shape index (κ2) is 16.3. The summed E-state index contributed by atoms with van der Waals surface area (Å²) in [4.78, 5) is 0. The van der Waals surface area contributed by atoms with E-state index in [4.69, 9.17) is 0 Å². The Balaban J connectivity index is 1.92. The van der Waals surface area contributed by atoms with Crippen LogP contribution in [0.1, 0.15) is 122 Å². The van der Waals surface area contributed by atoms with E-state index in [2.05, 4.69) is 43.8 Å². The topological polar surface area (TPSA) is 3.88 Å². The maximum Gasteiger partial charge on any atom is 0.172 e. The predicted molar refractivity (Wildman–Crippen MR) is 116 cm³/mol. The third-order valence-corrected chi connectivity index (χ3v) is 5.73. The van der Waals surface area contributed by atoms with Gasteiger partial charge in [0.2, 0.25) is 0 Å². The van der Waals surface area contributed by atoms with Gasteiger partial charge in [-0.05, 0) is 24.8 Å². The highest BCUT2D eigenvalue weighted by atomic mass is 14.9.